The molecule has 1 saturated heterocycles. The Morgan fingerprint density at radius 3 is 2.10 bits per heavy atom. The molecule has 2 aromatic carbocycles. The largest absolute Gasteiger partial charge is 0.462 e. The number of nitrogens with zero attached hydrogens (tertiary/aromatic N) is 2. The van der Waals surface area contributed by atoms with Crippen LogP contribution in [0.4, 0.5) is 5.69 Å². The van der Waals surface area contributed by atoms with E-state index < -0.39 is 35.6 Å². The lowest BCUT2D eigenvalue weighted by atomic mass is 10.1. The van der Waals surface area contributed by atoms with Crippen molar-refractivity contribution in [3.63, 3.8) is 0 Å². The van der Waals surface area contributed by atoms with Gasteiger partial charge in [-0.15, -0.1) is 0 Å². The van der Waals surface area contributed by atoms with Crippen molar-refractivity contribution in [2.45, 2.75) is 19.4 Å². The van der Waals surface area contributed by atoms with Gasteiger partial charge in [0.15, 0.2) is 0 Å². The van der Waals surface area contributed by atoms with Crippen LogP contribution in [-0.4, -0.2) is 47.1 Å². The summed E-state index contributed by atoms with van der Waals surface area (Å²) in [4.78, 5) is 64.3. The minimum Gasteiger partial charge on any atom is -0.462 e. The van der Waals surface area contributed by atoms with E-state index >= 15 is 0 Å². The number of ether oxygens (including phenoxy) is 1. The molecule has 2 aliphatic heterocycles. The van der Waals surface area contributed by atoms with E-state index in [1.165, 1.54) is 36.4 Å². The van der Waals surface area contributed by atoms with E-state index in [1.807, 2.05) is 0 Å². The van der Waals surface area contributed by atoms with E-state index in [9.17, 15) is 24.0 Å². The van der Waals surface area contributed by atoms with Crippen LogP contribution in [0.1, 0.15) is 44.4 Å². The molecule has 1 fully saturated rings. The Hall–Kier alpha value is -3.81. The Balaban J connectivity index is 1.60. The number of carbonyl (C=O) groups is 5. The smallest absolute Gasteiger partial charge is 0.338 e. The maximum atomic E-state index is 12.9. The van der Waals surface area contributed by atoms with Crippen molar-refractivity contribution in [3.05, 3.63) is 65.2 Å². The summed E-state index contributed by atoms with van der Waals surface area (Å²) in [7, 11) is 0. The zero-order valence-electron chi connectivity index (χ0n) is 15.5. The number of esters is 1. The fourth-order valence-electron chi connectivity index (χ4n) is 3.54. The highest BCUT2D eigenvalue weighted by molar-refractivity contribution is 6.28. The van der Waals surface area contributed by atoms with Gasteiger partial charge in [0.1, 0.15) is 6.04 Å². The average molecular weight is 392 g/mol. The number of amides is 4. The molecule has 0 radical (unpaired) electrons. The molecule has 146 valence electrons. The monoisotopic (exact) mass is 392 g/mol. The molecule has 2 heterocycles. The zero-order valence-corrected chi connectivity index (χ0v) is 15.5. The van der Waals surface area contributed by atoms with Gasteiger partial charge in [-0.05, 0) is 43.3 Å². The molecule has 0 bridgehead atoms. The summed E-state index contributed by atoms with van der Waals surface area (Å²) in [5.41, 5.74) is 0.976. The predicted octanol–water partition coefficient (Wildman–Crippen LogP) is 1.79. The lowest BCUT2D eigenvalue weighted by Crippen LogP contribution is -2.45. The second-order valence-electron chi connectivity index (χ2n) is 6.58. The lowest BCUT2D eigenvalue weighted by Gasteiger charge is -2.20. The van der Waals surface area contributed by atoms with Gasteiger partial charge in [0.25, 0.3) is 17.7 Å². The Morgan fingerprint density at radius 2 is 1.55 bits per heavy atom. The fourth-order valence-corrected chi connectivity index (χ4v) is 3.54. The van der Waals surface area contributed by atoms with Crippen LogP contribution in [0, 0.1) is 0 Å². The molecule has 2 aliphatic rings. The SMILES string of the molecule is CCOC(=O)c1ccc(N2C(=O)CC(N3C(=O)c4ccccc4C3=O)C2=O)cc1. The maximum Gasteiger partial charge on any atom is 0.338 e. The van der Waals surface area contributed by atoms with E-state index in [1.54, 1.807) is 19.1 Å². The first-order chi connectivity index (χ1) is 13.9. The molecule has 29 heavy (non-hydrogen) atoms. The van der Waals surface area contributed by atoms with E-state index in [4.69, 9.17) is 4.74 Å². The summed E-state index contributed by atoms with van der Waals surface area (Å²) >= 11 is 0. The van der Waals surface area contributed by atoms with Crippen LogP contribution in [0.3, 0.4) is 0 Å². The number of hydrogen-bond acceptors (Lipinski definition) is 6. The first kappa shape index (κ1) is 18.5. The number of rotatable bonds is 4. The van der Waals surface area contributed by atoms with Crippen molar-refractivity contribution in [1.29, 1.82) is 0 Å². The van der Waals surface area contributed by atoms with Crippen molar-refractivity contribution in [2.24, 2.45) is 0 Å². The fraction of sp³-hybridized carbons (Fsp3) is 0.190. The standard InChI is InChI=1S/C21H16N2O6/c1-2-29-21(28)12-7-9-13(10-8-12)22-17(24)11-16(20(22)27)23-18(25)14-5-3-4-6-15(14)19(23)26/h3-10,16H,2,11H2,1H3. The summed E-state index contributed by atoms with van der Waals surface area (Å²) in [6, 6.07) is 10.9. The Kier molecular flexibility index (Phi) is 4.46. The molecule has 8 heteroatoms. The molecule has 0 saturated carbocycles. The number of fused-ring (bicyclic) bond motifs is 1. The molecule has 1 atom stereocenters. The van der Waals surface area contributed by atoms with Gasteiger partial charge in [-0.2, -0.15) is 0 Å². The Labute approximate surface area is 165 Å². The maximum absolute atomic E-state index is 12.9. The average Bonchev–Trinajstić information content (AvgIpc) is 3.15. The van der Waals surface area contributed by atoms with Gasteiger partial charge >= 0.3 is 5.97 Å². The van der Waals surface area contributed by atoms with Crippen molar-refractivity contribution < 1.29 is 28.7 Å². The highest BCUT2D eigenvalue weighted by atomic mass is 16.5. The van der Waals surface area contributed by atoms with Gasteiger partial charge in [0.2, 0.25) is 5.91 Å². The molecule has 8 nitrogen and oxygen atoms in total. The lowest BCUT2D eigenvalue weighted by molar-refractivity contribution is -0.122. The van der Waals surface area contributed by atoms with Gasteiger partial charge in [-0.3, -0.25) is 24.1 Å². The summed E-state index contributed by atoms with van der Waals surface area (Å²) in [6.45, 7) is 1.92. The topological polar surface area (TPSA) is 101 Å². The van der Waals surface area contributed by atoms with Crippen molar-refractivity contribution >= 4 is 35.3 Å². The summed E-state index contributed by atoms with van der Waals surface area (Å²) in [5.74, 6) is -2.87. The van der Waals surface area contributed by atoms with E-state index in [0.29, 0.717) is 0 Å². The highest BCUT2D eigenvalue weighted by Gasteiger charge is 2.50. The quantitative estimate of drug-likeness (QED) is 0.581. The molecule has 0 N–H and O–H groups in total. The van der Waals surface area contributed by atoms with Gasteiger partial charge in [-0.1, -0.05) is 12.1 Å². The molecular weight excluding hydrogens is 376 g/mol. The van der Waals surface area contributed by atoms with Gasteiger partial charge in [0, 0.05) is 0 Å². The highest BCUT2D eigenvalue weighted by Crippen LogP contribution is 2.31. The second-order valence-corrected chi connectivity index (χ2v) is 6.58. The number of benzene rings is 2. The van der Waals surface area contributed by atoms with Gasteiger partial charge < -0.3 is 4.74 Å². The van der Waals surface area contributed by atoms with E-state index in [-0.39, 0.29) is 35.4 Å². The van der Waals surface area contributed by atoms with Crippen LogP contribution >= 0.6 is 0 Å². The number of imide groups is 2. The summed E-state index contributed by atoms with van der Waals surface area (Å²) in [5, 5.41) is 0. The van der Waals surface area contributed by atoms with E-state index in [0.717, 1.165) is 9.80 Å². The third-order valence-corrected chi connectivity index (χ3v) is 4.90. The molecule has 4 amide bonds. The second kappa shape index (κ2) is 6.97. The number of anilines is 1. The normalized spacial score (nSPS) is 18.4. The van der Waals surface area contributed by atoms with E-state index in [2.05, 4.69) is 0 Å². The molecule has 0 aliphatic carbocycles. The molecule has 4 rings (SSSR count). The third-order valence-electron chi connectivity index (χ3n) is 4.90. The van der Waals surface area contributed by atoms with Crippen LogP contribution < -0.4 is 4.90 Å². The summed E-state index contributed by atoms with van der Waals surface area (Å²) < 4.78 is 4.91. The zero-order chi connectivity index (χ0) is 20.7. The third kappa shape index (κ3) is 2.89. The number of hydrogen-bond donors (Lipinski definition) is 0. The van der Waals surface area contributed by atoms with Gasteiger partial charge in [0.05, 0.1) is 35.4 Å². The first-order valence-electron chi connectivity index (χ1n) is 9.05. The Morgan fingerprint density at radius 1 is 0.966 bits per heavy atom. The van der Waals surface area contributed by atoms with Crippen molar-refractivity contribution in [2.75, 3.05) is 11.5 Å². The van der Waals surface area contributed by atoms with Crippen LogP contribution in [0.2, 0.25) is 0 Å². The van der Waals surface area contributed by atoms with Crippen LogP contribution in [0.25, 0.3) is 0 Å². The Bertz CT molecular complexity index is 1020. The van der Waals surface area contributed by atoms with Crippen molar-refractivity contribution in [1.82, 2.24) is 4.90 Å². The minimum atomic E-state index is -1.19. The molecule has 0 aromatic heterocycles. The predicted molar refractivity (Wildman–Crippen MR) is 100 cm³/mol. The van der Waals surface area contributed by atoms with Crippen LogP contribution in [0.5, 0.6) is 0 Å². The summed E-state index contributed by atoms with van der Waals surface area (Å²) in [6.07, 6.45) is -0.288. The van der Waals surface area contributed by atoms with Crippen molar-refractivity contribution in [3.8, 4) is 0 Å². The molecule has 1 unspecified atom stereocenters. The van der Waals surface area contributed by atoms with Crippen LogP contribution in [0.15, 0.2) is 48.5 Å². The van der Waals surface area contributed by atoms with Crippen LogP contribution in [-0.2, 0) is 14.3 Å². The first-order valence-corrected chi connectivity index (χ1v) is 9.05. The molecule has 2 aromatic rings. The molecular formula is C21H16N2O6. The number of carbonyl (C=O) groups excluding carboxylic acids is 5. The van der Waals surface area contributed by atoms with Gasteiger partial charge in [-0.25, -0.2) is 9.69 Å². The minimum absolute atomic E-state index is 0.218. The molecule has 0 spiro atoms.